The molecular weight excluding hydrogens is 524 g/mol. The number of Topliss-reactive ketones (excluding diaryl/α,β-unsaturated/α-hetero) is 2. The molecule has 0 heterocycles. The van der Waals surface area contributed by atoms with Gasteiger partial charge in [-0.25, -0.2) is 0 Å². The van der Waals surface area contributed by atoms with Gasteiger partial charge in [0.15, 0.2) is 17.3 Å². The SMILES string of the molecule is COc1ccc(C(=O)c2cccc(C(=O)C3=CCC(C)(Oc4ccc(C(=O)C5=CCC(C)(C)C=C5)cc4)C=C3)c2)cc1. The van der Waals surface area contributed by atoms with E-state index in [1.807, 2.05) is 31.2 Å². The van der Waals surface area contributed by atoms with Gasteiger partial charge in [-0.2, -0.15) is 0 Å². The molecule has 0 N–H and O–H groups in total. The Morgan fingerprint density at radius 2 is 1.14 bits per heavy atom. The van der Waals surface area contributed by atoms with Crippen LogP contribution in [0.1, 0.15) is 70.3 Å². The fourth-order valence-electron chi connectivity index (χ4n) is 4.94. The molecule has 2 aliphatic rings. The number of hydrogen-bond acceptors (Lipinski definition) is 5. The van der Waals surface area contributed by atoms with E-state index in [9.17, 15) is 14.4 Å². The second kappa shape index (κ2) is 11.6. The molecule has 5 nitrogen and oxygen atoms in total. The van der Waals surface area contributed by atoms with E-state index in [1.165, 1.54) is 0 Å². The summed E-state index contributed by atoms with van der Waals surface area (Å²) in [7, 11) is 1.57. The zero-order chi connectivity index (χ0) is 29.9. The maximum atomic E-state index is 13.3. The highest BCUT2D eigenvalue weighted by Gasteiger charge is 2.27. The van der Waals surface area contributed by atoms with Crippen molar-refractivity contribution < 1.29 is 23.9 Å². The van der Waals surface area contributed by atoms with E-state index in [0.717, 1.165) is 6.42 Å². The molecular formula is C37H34O5. The predicted octanol–water partition coefficient (Wildman–Crippen LogP) is 7.93. The Morgan fingerprint density at radius 3 is 1.69 bits per heavy atom. The molecule has 0 fully saturated rings. The highest BCUT2D eigenvalue weighted by atomic mass is 16.5. The van der Waals surface area contributed by atoms with E-state index >= 15 is 0 Å². The molecule has 212 valence electrons. The minimum absolute atomic E-state index is 0.00192. The number of ketones is 3. The molecule has 1 atom stereocenters. The van der Waals surface area contributed by atoms with Crippen LogP contribution in [0.4, 0.5) is 0 Å². The van der Waals surface area contributed by atoms with E-state index in [2.05, 4.69) is 19.9 Å². The van der Waals surface area contributed by atoms with E-state index < -0.39 is 5.60 Å². The van der Waals surface area contributed by atoms with Gasteiger partial charge in [0.05, 0.1) is 7.11 Å². The van der Waals surface area contributed by atoms with Crippen molar-refractivity contribution in [3.05, 3.63) is 143 Å². The molecule has 0 saturated heterocycles. The molecule has 0 bridgehead atoms. The van der Waals surface area contributed by atoms with Crippen LogP contribution in [0, 0.1) is 5.41 Å². The lowest BCUT2D eigenvalue weighted by atomic mass is 9.83. The van der Waals surface area contributed by atoms with Gasteiger partial charge in [-0.1, -0.05) is 62.4 Å². The van der Waals surface area contributed by atoms with Crippen LogP contribution >= 0.6 is 0 Å². The van der Waals surface area contributed by atoms with Crippen LogP contribution in [-0.4, -0.2) is 30.1 Å². The monoisotopic (exact) mass is 558 g/mol. The normalized spacial score (nSPS) is 19.0. The Hall–Kier alpha value is -4.77. The van der Waals surface area contributed by atoms with Crippen molar-refractivity contribution in [1.82, 2.24) is 0 Å². The molecule has 5 heteroatoms. The first-order chi connectivity index (χ1) is 20.1. The molecule has 0 radical (unpaired) electrons. The minimum atomic E-state index is -0.651. The van der Waals surface area contributed by atoms with Crippen LogP contribution in [-0.2, 0) is 0 Å². The molecule has 3 aromatic carbocycles. The van der Waals surface area contributed by atoms with Gasteiger partial charge in [0.25, 0.3) is 0 Å². The number of carbonyl (C=O) groups is 3. The Labute approximate surface area is 246 Å². The summed E-state index contributed by atoms with van der Waals surface area (Å²) in [5.41, 5.74) is 2.71. The van der Waals surface area contributed by atoms with Gasteiger partial charge in [0.1, 0.15) is 17.1 Å². The zero-order valence-corrected chi connectivity index (χ0v) is 24.3. The molecule has 2 aliphatic carbocycles. The van der Waals surface area contributed by atoms with Gasteiger partial charge in [-0.05, 0) is 79.4 Å². The number of ether oxygens (including phenoxy) is 2. The summed E-state index contributed by atoms with van der Waals surface area (Å²) in [6.07, 6.45) is 12.8. The summed E-state index contributed by atoms with van der Waals surface area (Å²) >= 11 is 0. The number of hydrogen-bond donors (Lipinski definition) is 0. The Bertz CT molecular complexity index is 1650. The maximum absolute atomic E-state index is 13.3. The van der Waals surface area contributed by atoms with E-state index in [1.54, 1.807) is 86.0 Å². The van der Waals surface area contributed by atoms with Gasteiger partial charge in [0.2, 0.25) is 0 Å². The highest BCUT2D eigenvalue weighted by molar-refractivity contribution is 6.14. The molecule has 3 aromatic rings. The fourth-order valence-corrected chi connectivity index (χ4v) is 4.94. The molecule has 0 amide bonds. The first-order valence-electron chi connectivity index (χ1n) is 14.0. The number of benzene rings is 3. The third-order valence-electron chi connectivity index (χ3n) is 7.64. The second-order valence-corrected chi connectivity index (χ2v) is 11.6. The van der Waals surface area contributed by atoms with Crippen LogP contribution in [0.25, 0.3) is 0 Å². The van der Waals surface area contributed by atoms with Crippen molar-refractivity contribution >= 4 is 17.3 Å². The molecule has 0 aromatic heterocycles. The highest BCUT2D eigenvalue weighted by Crippen LogP contribution is 2.31. The fraction of sp³-hybridized carbons (Fsp3) is 0.216. The standard InChI is InChI=1S/C37H34O5/c1-36(2)20-16-27(17-21-36)33(38)25-10-14-32(15-11-25)42-37(3)22-18-28(19-23-37)35(40)30-7-5-6-29(24-30)34(39)26-8-12-31(41-4)13-9-26/h5-20,22,24H,21,23H2,1-4H3. The summed E-state index contributed by atoms with van der Waals surface area (Å²) < 4.78 is 11.4. The van der Waals surface area contributed by atoms with Crippen molar-refractivity contribution in [3.8, 4) is 11.5 Å². The molecule has 0 spiro atoms. The maximum Gasteiger partial charge on any atom is 0.193 e. The average Bonchev–Trinajstić information content (AvgIpc) is 3.01. The summed E-state index contributed by atoms with van der Waals surface area (Å²) in [6, 6.07) is 20.9. The van der Waals surface area contributed by atoms with E-state index in [4.69, 9.17) is 9.47 Å². The van der Waals surface area contributed by atoms with Crippen molar-refractivity contribution in [3.63, 3.8) is 0 Å². The van der Waals surface area contributed by atoms with Crippen LogP contribution in [0.3, 0.4) is 0 Å². The summed E-state index contributed by atoms with van der Waals surface area (Å²) in [6.45, 7) is 6.24. The third-order valence-corrected chi connectivity index (χ3v) is 7.64. The predicted molar refractivity (Wildman–Crippen MR) is 164 cm³/mol. The van der Waals surface area contributed by atoms with Gasteiger partial charge < -0.3 is 9.47 Å². The quantitative estimate of drug-likeness (QED) is 0.250. The number of methoxy groups -OCH3 is 1. The molecule has 5 rings (SSSR count). The smallest absolute Gasteiger partial charge is 0.193 e. The first kappa shape index (κ1) is 28.7. The van der Waals surface area contributed by atoms with Gasteiger partial charge in [-0.3, -0.25) is 14.4 Å². The topological polar surface area (TPSA) is 69.7 Å². The largest absolute Gasteiger partial charge is 0.497 e. The van der Waals surface area contributed by atoms with Crippen molar-refractivity contribution in [2.24, 2.45) is 5.41 Å². The Morgan fingerprint density at radius 1 is 0.619 bits per heavy atom. The van der Waals surface area contributed by atoms with Gasteiger partial charge in [-0.15, -0.1) is 0 Å². The zero-order valence-electron chi connectivity index (χ0n) is 24.3. The number of allylic oxidation sites excluding steroid dienone is 6. The van der Waals surface area contributed by atoms with Crippen LogP contribution in [0.15, 0.2) is 120 Å². The lowest BCUT2D eigenvalue weighted by molar-refractivity contribution is 0.102. The first-order valence-corrected chi connectivity index (χ1v) is 14.0. The van der Waals surface area contributed by atoms with Crippen LogP contribution < -0.4 is 9.47 Å². The Kier molecular flexibility index (Phi) is 7.95. The van der Waals surface area contributed by atoms with Crippen LogP contribution in [0.2, 0.25) is 0 Å². The minimum Gasteiger partial charge on any atom is -0.497 e. The summed E-state index contributed by atoms with van der Waals surface area (Å²) in [5, 5.41) is 0. The lowest BCUT2D eigenvalue weighted by Crippen LogP contribution is -2.31. The molecule has 0 saturated carbocycles. The van der Waals surface area contributed by atoms with E-state index in [0.29, 0.717) is 51.3 Å². The lowest BCUT2D eigenvalue weighted by Gasteiger charge is -2.29. The van der Waals surface area contributed by atoms with Crippen molar-refractivity contribution in [2.75, 3.05) is 7.11 Å². The van der Waals surface area contributed by atoms with Gasteiger partial charge in [0, 0.05) is 39.8 Å². The number of carbonyl (C=O) groups excluding carboxylic acids is 3. The van der Waals surface area contributed by atoms with Crippen LogP contribution in [0.5, 0.6) is 11.5 Å². The van der Waals surface area contributed by atoms with Crippen molar-refractivity contribution in [2.45, 2.75) is 39.2 Å². The van der Waals surface area contributed by atoms with Crippen molar-refractivity contribution in [1.29, 1.82) is 0 Å². The number of rotatable bonds is 9. The Balaban J connectivity index is 1.22. The third kappa shape index (κ3) is 6.41. The van der Waals surface area contributed by atoms with Gasteiger partial charge >= 0.3 is 0 Å². The molecule has 0 aliphatic heterocycles. The van der Waals surface area contributed by atoms with E-state index in [-0.39, 0.29) is 22.8 Å². The average molecular weight is 559 g/mol. The molecule has 1 unspecified atom stereocenters. The summed E-state index contributed by atoms with van der Waals surface area (Å²) in [4.78, 5) is 39.2. The second-order valence-electron chi connectivity index (χ2n) is 11.6. The summed E-state index contributed by atoms with van der Waals surface area (Å²) in [5.74, 6) is 0.989. The molecule has 42 heavy (non-hydrogen) atoms.